The van der Waals surface area contributed by atoms with Crippen LogP contribution in [0.3, 0.4) is 0 Å². The van der Waals surface area contributed by atoms with Crippen LogP contribution in [0, 0.1) is 5.41 Å². The first kappa shape index (κ1) is 22.6. The molecule has 2 atom stereocenters. The smallest absolute Gasteiger partial charge is 0.395 e. The second-order valence-corrected chi connectivity index (χ2v) is 9.02. The number of benzene rings is 1. The van der Waals surface area contributed by atoms with Crippen molar-refractivity contribution >= 4 is 17.2 Å². The maximum absolute atomic E-state index is 13.7. The Morgan fingerprint density at radius 2 is 1.97 bits per heavy atom. The van der Waals surface area contributed by atoms with Crippen molar-refractivity contribution in [3.05, 3.63) is 46.4 Å². The van der Waals surface area contributed by atoms with Gasteiger partial charge in [-0.3, -0.25) is 9.78 Å². The number of aromatic nitrogens is 1. The minimum absolute atomic E-state index is 0.0298. The molecule has 1 aromatic heterocycles. The van der Waals surface area contributed by atoms with Gasteiger partial charge in [0.2, 0.25) is 5.91 Å². The summed E-state index contributed by atoms with van der Waals surface area (Å²) in [5, 5.41) is 12.2. The van der Waals surface area contributed by atoms with Crippen LogP contribution >= 0.6 is 11.3 Å². The maximum atomic E-state index is 13.7. The maximum Gasteiger partial charge on any atom is 0.395 e. The number of phenolic OH excluding ortho intramolecular Hbond substituents is 1. The van der Waals surface area contributed by atoms with E-state index < -0.39 is 17.5 Å². The van der Waals surface area contributed by atoms with E-state index in [0.29, 0.717) is 17.8 Å². The molecule has 1 aliphatic rings. The molecule has 164 valence electrons. The molecule has 3 rings (SSSR count). The van der Waals surface area contributed by atoms with Crippen molar-refractivity contribution in [3.63, 3.8) is 0 Å². The van der Waals surface area contributed by atoms with Crippen molar-refractivity contribution in [1.82, 2.24) is 15.2 Å². The molecular formula is C21H26F3N3O2S. The molecule has 1 amide bonds. The normalized spacial score (nSPS) is 17.5. The first-order valence-electron chi connectivity index (χ1n) is 9.78. The van der Waals surface area contributed by atoms with Gasteiger partial charge in [-0.25, -0.2) is 0 Å². The van der Waals surface area contributed by atoms with Gasteiger partial charge in [0.15, 0.2) is 0 Å². The molecule has 0 radical (unpaired) electrons. The Kier molecular flexibility index (Phi) is 6.71. The molecule has 5 nitrogen and oxygen atoms in total. The number of phenols is 1. The summed E-state index contributed by atoms with van der Waals surface area (Å²) in [6, 6.07) is 6.80. The van der Waals surface area contributed by atoms with Crippen LogP contribution in [0.1, 0.15) is 35.6 Å². The molecule has 1 fully saturated rings. The van der Waals surface area contributed by atoms with Crippen LogP contribution in [0.4, 0.5) is 13.2 Å². The Morgan fingerprint density at radius 1 is 1.30 bits per heavy atom. The average Bonchev–Trinajstić information content (AvgIpc) is 3.32. The van der Waals surface area contributed by atoms with E-state index in [0.717, 1.165) is 5.56 Å². The summed E-state index contributed by atoms with van der Waals surface area (Å²) < 4.78 is 41.1. The second-order valence-electron chi connectivity index (χ2n) is 8.11. The zero-order valence-corrected chi connectivity index (χ0v) is 17.8. The molecule has 0 saturated heterocycles. The number of rotatable bonds is 9. The number of carbonyl (C=O) groups excluding carboxylic acids is 1. The fraction of sp³-hybridized carbons (Fsp3) is 0.524. The third-order valence-electron chi connectivity index (χ3n) is 5.88. The minimum atomic E-state index is -4.34. The summed E-state index contributed by atoms with van der Waals surface area (Å²) in [6.45, 7) is 0.321. The lowest BCUT2D eigenvalue weighted by Crippen LogP contribution is -2.42. The zero-order chi connectivity index (χ0) is 21.9. The average molecular weight is 442 g/mol. The predicted octanol–water partition coefficient (Wildman–Crippen LogP) is 3.95. The van der Waals surface area contributed by atoms with Crippen LogP contribution < -0.4 is 5.32 Å². The van der Waals surface area contributed by atoms with E-state index >= 15 is 0 Å². The number of thiazole rings is 1. The van der Waals surface area contributed by atoms with E-state index in [2.05, 4.69) is 10.3 Å². The van der Waals surface area contributed by atoms with Gasteiger partial charge in [0, 0.05) is 36.0 Å². The van der Waals surface area contributed by atoms with Gasteiger partial charge in [0.1, 0.15) is 5.75 Å². The number of amides is 1. The third kappa shape index (κ3) is 5.13. The highest BCUT2D eigenvalue weighted by Crippen LogP contribution is 2.66. The van der Waals surface area contributed by atoms with Crippen LogP contribution in [-0.2, 0) is 11.2 Å². The number of hydrogen-bond donors (Lipinski definition) is 2. The van der Waals surface area contributed by atoms with Gasteiger partial charge in [0.05, 0.1) is 10.9 Å². The SMILES string of the molecule is CN(C)[C@H](CNC(=O)C[C@@H](c1cncs1)C1(C(F)(F)F)CC1)Cc1ccc(O)cc1. The fourth-order valence-electron chi connectivity index (χ4n) is 3.76. The van der Waals surface area contributed by atoms with Crippen LogP contribution in [0.2, 0.25) is 0 Å². The molecular weight excluding hydrogens is 415 g/mol. The zero-order valence-electron chi connectivity index (χ0n) is 16.9. The number of likely N-dealkylation sites (N-methyl/N-ethyl adjacent to an activating group) is 1. The van der Waals surface area contributed by atoms with Gasteiger partial charge in [-0.15, -0.1) is 11.3 Å². The van der Waals surface area contributed by atoms with Gasteiger partial charge >= 0.3 is 6.18 Å². The molecule has 9 heteroatoms. The van der Waals surface area contributed by atoms with E-state index in [1.165, 1.54) is 23.0 Å². The molecule has 2 aromatic rings. The Hall–Kier alpha value is -2.13. The van der Waals surface area contributed by atoms with E-state index in [-0.39, 0.29) is 37.0 Å². The van der Waals surface area contributed by atoms with E-state index in [4.69, 9.17) is 0 Å². The van der Waals surface area contributed by atoms with Gasteiger partial charge in [-0.2, -0.15) is 13.2 Å². The van der Waals surface area contributed by atoms with Crippen molar-refractivity contribution < 1.29 is 23.1 Å². The molecule has 2 N–H and O–H groups in total. The first-order valence-corrected chi connectivity index (χ1v) is 10.7. The molecule has 1 aliphatic carbocycles. The third-order valence-corrected chi connectivity index (χ3v) is 6.77. The topological polar surface area (TPSA) is 65.5 Å². The summed E-state index contributed by atoms with van der Waals surface area (Å²) >= 11 is 1.17. The monoisotopic (exact) mass is 441 g/mol. The number of halogens is 3. The highest BCUT2D eigenvalue weighted by molar-refractivity contribution is 7.09. The van der Waals surface area contributed by atoms with Crippen LogP contribution in [-0.4, -0.2) is 53.8 Å². The number of carbonyl (C=O) groups is 1. The Balaban J connectivity index is 1.64. The van der Waals surface area contributed by atoms with Crippen molar-refractivity contribution in [1.29, 1.82) is 0 Å². The summed E-state index contributed by atoms with van der Waals surface area (Å²) in [5.74, 6) is -1.11. The lowest BCUT2D eigenvalue weighted by atomic mass is 9.84. The fourth-order valence-corrected chi connectivity index (χ4v) is 4.60. The molecule has 30 heavy (non-hydrogen) atoms. The van der Waals surface area contributed by atoms with E-state index in [1.54, 1.807) is 12.1 Å². The quantitative estimate of drug-likeness (QED) is 0.618. The van der Waals surface area contributed by atoms with Gasteiger partial charge in [-0.05, 0) is 51.1 Å². The van der Waals surface area contributed by atoms with E-state index in [1.807, 2.05) is 31.1 Å². The number of nitrogens with one attached hydrogen (secondary N) is 1. The predicted molar refractivity (Wildman–Crippen MR) is 109 cm³/mol. The van der Waals surface area contributed by atoms with Gasteiger partial charge in [0.25, 0.3) is 0 Å². The summed E-state index contributed by atoms with van der Waals surface area (Å²) in [5.41, 5.74) is 0.688. The second kappa shape index (κ2) is 8.93. The highest BCUT2D eigenvalue weighted by atomic mass is 32.1. The number of hydrogen-bond acceptors (Lipinski definition) is 5. The van der Waals surface area contributed by atoms with E-state index in [9.17, 15) is 23.1 Å². The van der Waals surface area contributed by atoms with Crippen LogP contribution in [0.5, 0.6) is 5.75 Å². The molecule has 0 unspecified atom stereocenters. The summed E-state index contributed by atoms with van der Waals surface area (Å²) in [7, 11) is 3.78. The van der Waals surface area contributed by atoms with Crippen LogP contribution in [0.15, 0.2) is 36.0 Å². The molecule has 1 aromatic carbocycles. The lowest BCUT2D eigenvalue weighted by molar-refractivity contribution is -0.194. The first-order chi connectivity index (χ1) is 14.1. The Bertz CT molecular complexity index is 834. The molecule has 0 spiro atoms. The Morgan fingerprint density at radius 3 is 2.47 bits per heavy atom. The summed E-state index contributed by atoms with van der Waals surface area (Å²) in [6.07, 6.45) is -2.37. The van der Waals surface area contributed by atoms with Crippen molar-refractivity contribution in [2.45, 2.75) is 43.8 Å². The van der Waals surface area contributed by atoms with Gasteiger partial charge < -0.3 is 15.3 Å². The molecule has 0 bridgehead atoms. The largest absolute Gasteiger partial charge is 0.508 e. The van der Waals surface area contributed by atoms with Gasteiger partial charge in [-0.1, -0.05) is 12.1 Å². The van der Waals surface area contributed by atoms with Crippen LogP contribution in [0.25, 0.3) is 0 Å². The summed E-state index contributed by atoms with van der Waals surface area (Å²) in [4.78, 5) is 19.0. The standard InChI is InChI=1S/C21H26F3N3O2S/c1-27(2)15(9-14-3-5-16(28)6-4-14)11-26-19(29)10-17(18-12-25-13-30-18)20(7-8-20)21(22,23)24/h3-6,12-13,15,17,28H,7-11H2,1-2H3,(H,26,29)/t15-,17-/m0/s1. The van der Waals surface area contributed by atoms with Crippen molar-refractivity contribution in [3.8, 4) is 5.75 Å². The van der Waals surface area contributed by atoms with Crippen molar-refractivity contribution in [2.75, 3.05) is 20.6 Å². The number of alkyl halides is 3. The highest BCUT2D eigenvalue weighted by Gasteiger charge is 2.67. The Labute approximate surface area is 177 Å². The molecule has 1 saturated carbocycles. The number of aromatic hydroxyl groups is 1. The number of nitrogens with zero attached hydrogens (tertiary/aromatic N) is 2. The minimum Gasteiger partial charge on any atom is -0.508 e. The lowest BCUT2D eigenvalue weighted by Gasteiger charge is -2.29. The van der Waals surface area contributed by atoms with Crippen molar-refractivity contribution in [2.24, 2.45) is 5.41 Å². The molecule has 0 aliphatic heterocycles. The molecule has 1 heterocycles.